The first-order valence-corrected chi connectivity index (χ1v) is 11.1. The number of aliphatic carboxylic acids is 1. The van der Waals surface area contributed by atoms with Crippen molar-refractivity contribution in [2.75, 3.05) is 32.2 Å². The highest BCUT2D eigenvalue weighted by molar-refractivity contribution is 8.04. The Balaban J connectivity index is 1.87. The average molecular weight is 471 g/mol. The molecule has 3 rings (SSSR count). The minimum absolute atomic E-state index is 0.00194. The SMILES string of the molecule is CCN(CC)c1ccc(/C=C(\Sc2n[nH]c(-c3cc(OC)cc(OC)c3)n2)C(=O)O)c(O)c1. The Bertz CT molecular complexity index is 1140. The maximum absolute atomic E-state index is 11.9. The number of benzene rings is 2. The van der Waals surface area contributed by atoms with Crippen LogP contribution in [0.3, 0.4) is 0 Å². The number of methoxy groups -OCH3 is 2. The Kier molecular flexibility index (Phi) is 7.83. The summed E-state index contributed by atoms with van der Waals surface area (Å²) in [6, 6.07) is 10.4. The highest BCUT2D eigenvalue weighted by atomic mass is 32.2. The van der Waals surface area contributed by atoms with Gasteiger partial charge in [-0.25, -0.2) is 9.78 Å². The molecule has 33 heavy (non-hydrogen) atoms. The number of H-pyrrole nitrogens is 1. The molecule has 0 bridgehead atoms. The Hall–Kier alpha value is -3.66. The van der Waals surface area contributed by atoms with Gasteiger partial charge in [-0.2, -0.15) is 0 Å². The number of aromatic nitrogens is 3. The molecule has 9 nitrogen and oxygen atoms in total. The number of phenols is 1. The number of hydrogen-bond donors (Lipinski definition) is 3. The number of hydrogen-bond acceptors (Lipinski definition) is 8. The van der Waals surface area contributed by atoms with Gasteiger partial charge in [-0.3, -0.25) is 5.10 Å². The Morgan fingerprint density at radius 3 is 2.33 bits per heavy atom. The van der Waals surface area contributed by atoms with Gasteiger partial charge in [0.2, 0.25) is 5.16 Å². The topological polar surface area (TPSA) is 121 Å². The summed E-state index contributed by atoms with van der Waals surface area (Å²) in [4.78, 5) is 18.3. The van der Waals surface area contributed by atoms with E-state index in [1.807, 2.05) is 19.9 Å². The zero-order chi connectivity index (χ0) is 24.0. The van der Waals surface area contributed by atoms with Gasteiger partial charge >= 0.3 is 5.97 Å². The fourth-order valence-corrected chi connectivity index (χ4v) is 3.88. The van der Waals surface area contributed by atoms with Crippen molar-refractivity contribution < 1.29 is 24.5 Å². The number of nitrogens with one attached hydrogen (secondary N) is 1. The predicted molar refractivity (Wildman–Crippen MR) is 128 cm³/mol. The molecule has 0 atom stereocenters. The van der Waals surface area contributed by atoms with Crippen LogP contribution in [0.1, 0.15) is 19.4 Å². The smallest absolute Gasteiger partial charge is 0.342 e. The van der Waals surface area contributed by atoms with E-state index < -0.39 is 5.97 Å². The molecule has 0 saturated heterocycles. The quantitative estimate of drug-likeness (QED) is 0.295. The van der Waals surface area contributed by atoms with Crippen molar-refractivity contribution in [2.45, 2.75) is 19.0 Å². The second-order valence-corrected chi connectivity index (χ2v) is 7.91. The van der Waals surface area contributed by atoms with Crippen molar-refractivity contribution in [1.29, 1.82) is 0 Å². The van der Waals surface area contributed by atoms with Crippen LogP contribution < -0.4 is 14.4 Å². The first kappa shape index (κ1) is 24.0. The molecule has 0 fully saturated rings. The number of ether oxygens (including phenoxy) is 2. The number of carboxylic acid groups (broad SMARTS) is 1. The Morgan fingerprint density at radius 1 is 1.12 bits per heavy atom. The molecular formula is C23H26N4O5S. The van der Waals surface area contributed by atoms with E-state index in [0.717, 1.165) is 30.5 Å². The molecule has 0 spiro atoms. The molecule has 0 unspecified atom stereocenters. The number of phenolic OH excluding ortho intramolecular Hbond substituents is 1. The van der Waals surface area contributed by atoms with Crippen molar-refractivity contribution >= 4 is 29.5 Å². The van der Waals surface area contributed by atoms with E-state index in [0.29, 0.717) is 28.5 Å². The number of anilines is 1. The third-order valence-electron chi connectivity index (χ3n) is 4.93. The van der Waals surface area contributed by atoms with E-state index >= 15 is 0 Å². The van der Waals surface area contributed by atoms with E-state index in [4.69, 9.17) is 9.47 Å². The van der Waals surface area contributed by atoms with Crippen LogP contribution in [0.25, 0.3) is 17.5 Å². The lowest BCUT2D eigenvalue weighted by Crippen LogP contribution is -2.21. The summed E-state index contributed by atoms with van der Waals surface area (Å²) in [6.07, 6.45) is 1.40. The van der Waals surface area contributed by atoms with E-state index in [-0.39, 0.29) is 15.8 Å². The molecule has 0 aliphatic carbocycles. The van der Waals surface area contributed by atoms with Gasteiger partial charge in [0.25, 0.3) is 0 Å². The molecule has 1 aromatic heterocycles. The van der Waals surface area contributed by atoms with E-state index in [1.54, 1.807) is 44.6 Å². The van der Waals surface area contributed by atoms with Crippen LogP contribution in [-0.2, 0) is 4.79 Å². The molecule has 2 aromatic carbocycles. The molecule has 1 heterocycles. The molecule has 3 aromatic rings. The van der Waals surface area contributed by atoms with Crippen LogP contribution in [0.5, 0.6) is 17.2 Å². The number of thioether (sulfide) groups is 1. The summed E-state index contributed by atoms with van der Waals surface area (Å²) in [5, 5.41) is 27.3. The predicted octanol–water partition coefficient (Wildman–Crippen LogP) is 4.26. The van der Waals surface area contributed by atoms with Gasteiger partial charge in [-0.15, -0.1) is 5.10 Å². The number of nitrogens with zero attached hydrogens (tertiary/aromatic N) is 3. The van der Waals surface area contributed by atoms with E-state index in [1.165, 1.54) is 6.08 Å². The number of carboxylic acids is 1. The first-order chi connectivity index (χ1) is 15.9. The maximum Gasteiger partial charge on any atom is 0.342 e. The van der Waals surface area contributed by atoms with Crippen LogP contribution >= 0.6 is 11.8 Å². The van der Waals surface area contributed by atoms with Crippen LogP contribution in [0.4, 0.5) is 5.69 Å². The second-order valence-electron chi connectivity index (χ2n) is 6.90. The van der Waals surface area contributed by atoms with Crippen LogP contribution in [-0.4, -0.2) is 58.7 Å². The fourth-order valence-electron chi connectivity index (χ4n) is 3.18. The highest BCUT2D eigenvalue weighted by Gasteiger charge is 2.16. The van der Waals surface area contributed by atoms with Gasteiger partial charge in [-0.1, -0.05) is 0 Å². The van der Waals surface area contributed by atoms with Gasteiger partial charge in [0.1, 0.15) is 22.2 Å². The van der Waals surface area contributed by atoms with Crippen molar-refractivity contribution in [2.24, 2.45) is 0 Å². The van der Waals surface area contributed by atoms with Crippen molar-refractivity contribution in [1.82, 2.24) is 15.2 Å². The van der Waals surface area contributed by atoms with Gasteiger partial charge in [0.05, 0.1) is 14.2 Å². The lowest BCUT2D eigenvalue weighted by Gasteiger charge is -2.21. The van der Waals surface area contributed by atoms with E-state index in [9.17, 15) is 15.0 Å². The lowest BCUT2D eigenvalue weighted by molar-refractivity contribution is -0.131. The molecule has 0 amide bonds. The summed E-state index contributed by atoms with van der Waals surface area (Å²) in [7, 11) is 3.10. The molecule has 3 N–H and O–H groups in total. The monoisotopic (exact) mass is 470 g/mol. The standard InChI is InChI=1S/C23H26N4O5S/c1-5-27(6-2)16-8-7-14(19(28)12-16)11-20(22(29)30)33-23-24-21(25-26-23)15-9-17(31-3)13-18(10-15)32-4/h7-13,28H,5-6H2,1-4H3,(H,29,30)(H,24,25,26)/b20-11-. The first-order valence-electron chi connectivity index (χ1n) is 10.2. The van der Waals surface area contributed by atoms with Crippen LogP contribution in [0.2, 0.25) is 0 Å². The zero-order valence-corrected chi connectivity index (χ0v) is 19.6. The van der Waals surface area contributed by atoms with Gasteiger partial charge < -0.3 is 24.6 Å². The Labute approximate surface area is 196 Å². The normalized spacial score (nSPS) is 11.3. The summed E-state index contributed by atoms with van der Waals surface area (Å²) in [6.45, 7) is 5.65. The van der Waals surface area contributed by atoms with Crippen molar-refractivity contribution in [3.63, 3.8) is 0 Å². The van der Waals surface area contributed by atoms with Crippen molar-refractivity contribution in [3.8, 4) is 28.6 Å². The second kappa shape index (κ2) is 10.8. The van der Waals surface area contributed by atoms with Crippen LogP contribution in [0, 0.1) is 0 Å². The number of rotatable bonds is 10. The maximum atomic E-state index is 11.9. The summed E-state index contributed by atoms with van der Waals surface area (Å²) in [5.41, 5.74) is 1.94. The Morgan fingerprint density at radius 2 is 1.79 bits per heavy atom. The minimum Gasteiger partial charge on any atom is -0.507 e. The van der Waals surface area contributed by atoms with Gasteiger partial charge in [0.15, 0.2) is 5.82 Å². The van der Waals surface area contributed by atoms with E-state index in [2.05, 4.69) is 20.1 Å². The summed E-state index contributed by atoms with van der Waals surface area (Å²) in [5.74, 6) is 0.458. The number of carbonyl (C=O) groups is 1. The number of aromatic amines is 1. The third-order valence-corrected chi connectivity index (χ3v) is 5.81. The lowest BCUT2D eigenvalue weighted by atomic mass is 10.1. The molecule has 0 saturated carbocycles. The molecule has 0 radical (unpaired) electrons. The summed E-state index contributed by atoms with van der Waals surface area (Å²) < 4.78 is 10.6. The minimum atomic E-state index is -1.15. The van der Waals surface area contributed by atoms with Gasteiger partial charge in [0, 0.05) is 42.0 Å². The van der Waals surface area contributed by atoms with Gasteiger partial charge in [-0.05, 0) is 56.0 Å². The molecule has 0 aliphatic heterocycles. The summed E-state index contributed by atoms with van der Waals surface area (Å²) >= 11 is 0.879. The molecule has 10 heteroatoms. The highest BCUT2D eigenvalue weighted by Crippen LogP contribution is 2.33. The van der Waals surface area contributed by atoms with Crippen LogP contribution in [0.15, 0.2) is 46.5 Å². The number of aromatic hydroxyl groups is 1. The fraction of sp³-hybridized carbons (Fsp3) is 0.261. The molecular weight excluding hydrogens is 444 g/mol. The third kappa shape index (κ3) is 5.78. The molecule has 0 aliphatic rings. The largest absolute Gasteiger partial charge is 0.507 e. The zero-order valence-electron chi connectivity index (χ0n) is 18.8. The average Bonchev–Trinajstić information content (AvgIpc) is 3.29. The molecule has 174 valence electrons. The van der Waals surface area contributed by atoms with Crippen molar-refractivity contribution in [3.05, 3.63) is 46.9 Å².